The van der Waals surface area contributed by atoms with Crippen molar-refractivity contribution < 1.29 is 4.79 Å². The maximum atomic E-state index is 12.3. The van der Waals surface area contributed by atoms with E-state index in [9.17, 15) is 4.79 Å². The van der Waals surface area contributed by atoms with E-state index in [1.807, 2.05) is 31.2 Å². The number of carbonyl (C=O) groups excluding carboxylic acids is 1. The molecule has 1 amide bonds. The fourth-order valence-corrected chi connectivity index (χ4v) is 3.09. The molecule has 1 aliphatic rings. The van der Waals surface area contributed by atoms with Crippen molar-refractivity contribution in [1.29, 1.82) is 5.26 Å². The highest BCUT2D eigenvalue weighted by Gasteiger charge is 2.14. The minimum absolute atomic E-state index is 0.0442. The Hall–Kier alpha value is -3.07. The highest BCUT2D eigenvalue weighted by Crippen LogP contribution is 2.23. The molecule has 1 aromatic heterocycles. The summed E-state index contributed by atoms with van der Waals surface area (Å²) in [5.41, 5.74) is 2.50. The number of nitrogens with one attached hydrogen (secondary N) is 2. The van der Waals surface area contributed by atoms with Crippen LogP contribution in [0.25, 0.3) is 0 Å². The maximum Gasteiger partial charge on any atom is 0.226 e. The summed E-state index contributed by atoms with van der Waals surface area (Å²) in [5, 5.41) is 14.9. The number of benzene rings is 1. The second-order valence-electron chi connectivity index (χ2n) is 6.59. The van der Waals surface area contributed by atoms with E-state index in [0.29, 0.717) is 17.8 Å². The van der Waals surface area contributed by atoms with Crippen molar-refractivity contribution in [1.82, 2.24) is 4.98 Å². The Morgan fingerprint density at radius 1 is 1.31 bits per heavy atom. The summed E-state index contributed by atoms with van der Waals surface area (Å²) < 4.78 is 0. The Labute approximate surface area is 153 Å². The van der Waals surface area contributed by atoms with E-state index in [1.54, 1.807) is 12.1 Å². The van der Waals surface area contributed by atoms with Crippen LogP contribution in [0.5, 0.6) is 0 Å². The first-order chi connectivity index (χ1) is 12.6. The molecule has 6 nitrogen and oxygen atoms in total. The molecule has 1 aliphatic heterocycles. The van der Waals surface area contributed by atoms with Crippen molar-refractivity contribution in [2.24, 2.45) is 0 Å². The molecule has 0 radical (unpaired) electrons. The van der Waals surface area contributed by atoms with Crippen molar-refractivity contribution in [3.63, 3.8) is 0 Å². The van der Waals surface area contributed by atoms with Gasteiger partial charge in [-0.25, -0.2) is 4.98 Å². The predicted molar refractivity (Wildman–Crippen MR) is 103 cm³/mol. The lowest BCUT2D eigenvalue weighted by molar-refractivity contribution is -0.116. The zero-order valence-electron chi connectivity index (χ0n) is 14.9. The van der Waals surface area contributed by atoms with E-state index < -0.39 is 0 Å². The van der Waals surface area contributed by atoms with E-state index >= 15 is 0 Å². The smallest absolute Gasteiger partial charge is 0.226 e. The zero-order chi connectivity index (χ0) is 18.4. The fourth-order valence-electron chi connectivity index (χ4n) is 3.09. The van der Waals surface area contributed by atoms with Gasteiger partial charge in [0.05, 0.1) is 5.56 Å². The summed E-state index contributed by atoms with van der Waals surface area (Å²) in [4.78, 5) is 18.8. The van der Waals surface area contributed by atoms with E-state index in [1.165, 1.54) is 19.0 Å². The van der Waals surface area contributed by atoms with Gasteiger partial charge in [0.25, 0.3) is 0 Å². The lowest BCUT2D eigenvalue weighted by atomic mass is 10.2. The van der Waals surface area contributed by atoms with Crippen LogP contribution in [0.4, 0.5) is 17.2 Å². The summed E-state index contributed by atoms with van der Waals surface area (Å²) in [5.74, 6) is 0.609. The third-order valence-electron chi connectivity index (χ3n) is 4.38. The van der Waals surface area contributed by atoms with Gasteiger partial charge in [-0.2, -0.15) is 5.26 Å². The highest BCUT2D eigenvalue weighted by molar-refractivity contribution is 5.91. The molecule has 6 heteroatoms. The number of hydrogen-bond acceptors (Lipinski definition) is 5. The molecule has 2 heterocycles. The second-order valence-corrected chi connectivity index (χ2v) is 6.59. The standard InChI is InChI=1S/C20H23N5O/c1-15(23-19-8-7-16(13-21)14-22-19)11-20(26)24-17-5-4-6-18(12-17)25-9-2-3-10-25/h4-8,12,14-15H,2-3,9-11H2,1H3,(H,22,23)(H,24,26). The summed E-state index contributed by atoms with van der Waals surface area (Å²) >= 11 is 0. The van der Waals surface area contributed by atoms with Crippen LogP contribution in [-0.4, -0.2) is 30.0 Å². The van der Waals surface area contributed by atoms with E-state index in [0.717, 1.165) is 24.5 Å². The van der Waals surface area contributed by atoms with E-state index in [-0.39, 0.29) is 11.9 Å². The van der Waals surface area contributed by atoms with E-state index in [4.69, 9.17) is 5.26 Å². The lowest BCUT2D eigenvalue weighted by Crippen LogP contribution is -2.24. The monoisotopic (exact) mass is 349 g/mol. The molecule has 3 rings (SSSR count). The van der Waals surface area contributed by atoms with Crippen molar-refractivity contribution in [2.75, 3.05) is 28.6 Å². The van der Waals surface area contributed by atoms with Crippen LogP contribution < -0.4 is 15.5 Å². The number of carbonyl (C=O) groups is 1. The molecule has 1 saturated heterocycles. The van der Waals surface area contributed by atoms with Gasteiger partial charge in [0.15, 0.2) is 0 Å². The minimum Gasteiger partial charge on any atom is -0.371 e. The van der Waals surface area contributed by atoms with Gasteiger partial charge >= 0.3 is 0 Å². The number of anilines is 3. The number of amides is 1. The second kappa shape index (κ2) is 8.34. The van der Waals surface area contributed by atoms with Crippen molar-refractivity contribution in [3.8, 4) is 6.07 Å². The third kappa shape index (κ3) is 4.73. The topological polar surface area (TPSA) is 81.0 Å². The van der Waals surface area contributed by atoms with Crippen LogP contribution in [0.15, 0.2) is 42.6 Å². The Morgan fingerprint density at radius 3 is 2.81 bits per heavy atom. The first kappa shape index (κ1) is 17.7. The van der Waals surface area contributed by atoms with Gasteiger partial charge in [0.1, 0.15) is 11.9 Å². The molecule has 134 valence electrons. The molecule has 1 fully saturated rings. The molecule has 0 bridgehead atoms. The molecule has 0 saturated carbocycles. The Kier molecular flexibility index (Phi) is 5.69. The molecular weight excluding hydrogens is 326 g/mol. The van der Waals surface area contributed by atoms with Gasteiger partial charge in [0.2, 0.25) is 5.91 Å². The summed E-state index contributed by atoms with van der Waals surface area (Å²) in [7, 11) is 0. The van der Waals surface area contributed by atoms with Gasteiger partial charge in [-0.1, -0.05) is 6.07 Å². The van der Waals surface area contributed by atoms with Crippen LogP contribution in [0, 0.1) is 11.3 Å². The molecule has 2 aromatic rings. The van der Waals surface area contributed by atoms with Crippen molar-refractivity contribution >= 4 is 23.1 Å². The molecule has 2 N–H and O–H groups in total. The maximum absolute atomic E-state index is 12.3. The van der Waals surface area contributed by atoms with Crippen LogP contribution in [0.3, 0.4) is 0 Å². The van der Waals surface area contributed by atoms with Gasteiger partial charge < -0.3 is 15.5 Å². The molecule has 1 aromatic carbocycles. The van der Waals surface area contributed by atoms with Crippen LogP contribution in [0.2, 0.25) is 0 Å². The molecule has 1 atom stereocenters. The first-order valence-corrected chi connectivity index (χ1v) is 8.91. The molecule has 26 heavy (non-hydrogen) atoms. The number of rotatable bonds is 6. The Balaban J connectivity index is 1.53. The van der Waals surface area contributed by atoms with Crippen molar-refractivity contribution in [2.45, 2.75) is 32.2 Å². The average molecular weight is 349 g/mol. The summed E-state index contributed by atoms with van der Waals surface area (Å²) in [6.07, 6.45) is 4.29. The average Bonchev–Trinajstić information content (AvgIpc) is 3.17. The lowest BCUT2D eigenvalue weighted by Gasteiger charge is -2.19. The molecular formula is C20H23N5O. The first-order valence-electron chi connectivity index (χ1n) is 8.91. The van der Waals surface area contributed by atoms with Crippen LogP contribution in [0.1, 0.15) is 31.7 Å². The molecule has 0 aliphatic carbocycles. The zero-order valence-corrected chi connectivity index (χ0v) is 14.9. The predicted octanol–water partition coefficient (Wildman–Crippen LogP) is 3.38. The summed E-state index contributed by atoms with van der Waals surface area (Å²) in [6.45, 7) is 4.09. The van der Waals surface area contributed by atoms with Gasteiger partial charge in [0, 0.05) is 43.1 Å². The molecule has 1 unspecified atom stereocenters. The van der Waals surface area contributed by atoms with Gasteiger partial charge in [-0.3, -0.25) is 4.79 Å². The third-order valence-corrected chi connectivity index (χ3v) is 4.38. The largest absolute Gasteiger partial charge is 0.371 e. The minimum atomic E-state index is -0.0720. The normalized spacial score (nSPS) is 14.5. The number of aromatic nitrogens is 1. The quantitative estimate of drug-likeness (QED) is 0.835. The Bertz CT molecular complexity index is 791. The van der Waals surface area contributed by atoms with Crippen LogP contribution >= 0.6 is 0 Å². The SMILES string of the molecule is CC(CC(=O)Nc1cccc(N2CCCC2)c1)Nc1ccc(C#N)cn1. The van der Waals surface area contributed by atoms with Gasteiger partial charge in [-0.05, 0) is 50.1 Å². The summed E-state index contributed by atoms with van der Waals surface area (Å²) in [6, 6.07) is 13.4. The van der Waals surface area contributed by atoms with Crippen molar-refractivity contribution in [3.05, 3.63) is 48.2 Å². The van der Waals surface area contributed by atoms with Crippen LogP contribution in [-0.2, 0) is 4.79 Å². The van der Waals surface area contributed by atoms with E-state index in [2.05, 4.69) is 26.6 Å². The number of nitrogens with zero attached hydrogens (tertiary/aromatic N) is 3. The number of nitriles is 1. The highest BCUT2D eigenvalue weighted by atomic mass is 16.1. The fraction of sp³-hybridized carbons (Fsp3) is 0.350. The van der Waals surface area contributed by atoms with Gasteiger partial charge in [-0.15, -0.1) is 0 Å². The number of pyridine rings is 1. The number of hydrogen-bond donors (Lipinski definition) is 2. The Morgan fingerprint density at radius 2 is 2.12 bits per heavy atom. The molecule has 0 spiro atoms.